The Morgan fingerprint density at radius 2 is 1.91 bits per heavy atom. The first-order valence-corrected chi connectivity index (χ1v) is 8.70. The molecule has 0 saturated carbocycles. The van der Waals surface area contributed by atoms with E-state index in [-0.39, 0.29) is 11.3 Å². The van der Waals surface area contributed by atoms with E-state index in [9.17, 15) is 4.79 Å². The lowest BCUT2D eigenvalue weighted by atomic mass is 9.92. The van der Waals surface area contributed by atoms with Crippen LogP contribution in [0.25, 0.3) is 0 Å². The van der Waals surface area contributed by atoms with Crippen LogP contribution < -0.4 is 0 Å². The number of carbonyl (C=O) groups is 1. The number of amides is 1. The molecule has 6 heteroatoms. The van der Waals surface area contributed by atoms with Crippen LogP contribution in [-0.4, -0.2) is 82.7 Å². The molecule has 6 nitrogen and oxygen atoms in total. The molecule has 23 heavy (non-hydrogen) atoms. The number of nitrogens with one attached hydrogen (secondary N) is 1. The summed E-state index contributed by atoms with van der Waals surface area (Å²) in [7, 11) is 0. The Balaban J connectivity index is 1.51. The Labute approximate surface area is 138 Å². The summed E-state index contributed by atoms with van der Waals surface area (Å²) in [6.45, 7) is 15.9. The second-order valence-corrected chi connectivity index (χ2v) is 7.75. The molecule has 128 valence electrons. The van der Waals surface area contributed by atoms with Gasteiger partial charge in [-0.05, 0) is 12.6 Å². The Hall–Kier alpha value is -1.40. The quantitative estimate of drug-likeness (QED) is 0.909. The highest BCUT2D eigenvalue weighted by Gasteiger charge is 2.37. The van der Waals surface area contributed by atoms with Gasteiger partial charge in [-0.2, -0.15) is 5.10 Å². The van der Waals surface area contributed by atoms with Crippen LogP contribution in [0.3, 0.4) is 0 Å². The highest BCUT2D eigenvalue weighted by molar-refractivity contribution is 5.93. The van der Waals surface area contributed by atoms with E-state index in [1.165, 1.54) is 0 Å². The number of hydrogen-bond acceptors (Lipinski definition) is 4. The predicted molar refractivity (Wildman–Crippen MR) is 90.7 cm³/mol. The maximum absolute atomic E-state index is 12.5. The van der Waals surface area contributed by atoms with Crippen molar-refractivity contribution in [2.45, 2.75) is 39.2 Å². The smallest absolute Gasteiger partial charge is 0.274 e. The Morgan fingerprint density at radius 3 is 2.43 bits per heavy atom. The fourth-order valence-electron chi connectivity index (χ4n) is 3.27. The van der Waals surface area contributed by atoms with E-state index in [4.69, 9.17) is 0 Å². The molecule has 2 saturated heterocycles. The fraction of sp³-hybridized carbons (Fsp3) is 0.765. The lowest BCUT2D eigenvalue weighted by Gasteiger charge is -2.47. The number of H-pyrrole nitrogens is 1. The average molecular weight is 319 g/mol. The van der Waals surface area contributed by atoms with E-state index in [0.717, 1.165) is 51.5 Å². The number of carbonyl (C=O) groups excluding carboxylic acids is 1. The third kappa shape index (κ3) is 3.43. The summed E-state index contributed by atoms with van der Waals surface area (Å²) in [5.41, 5.74) is 1.54. The van der Waals surface area contributed by atoms with Gasteiger partial charge in [-0.3, -0.25) is 14.8 Å². The summed E-state index contributed by atoms with van der Waals surface area (Å²) >= 11 is 0. The summed E-state index contributed by atoms with van der Waals surface area (Å²) in [6, 6.07) is 2.43. The molecule has 3 rings (SSSR count). The highest BCUT2D eigenvalue weighted by Crippen LogP contribution is 2.23. The van der Waals surface area contributed by atoms with Gasteiger partial charge in [-0.1, -0.05) is 27.7 Å². The summed E-state index contributed by atoms with van der Waals surface area (Å²) < 4.78 is 0. The summed E-state index contributed by atoms with van der Waals surface area (Å²) in [6.07, 6.45) is 0. The molecule has 0 spiro atoms. The molecule has 1 aromatic rings. The van der Waals surface area contributed by atoms with E-state index in [2.05, 4.69) is 47.7 Å². The molecule has 1 amide bonds. The van der Waals surface area contributed by atoms with Crippen molar-refractivity contribution in [3.05, 3.63) is 17.5 Å². The summed E-state index contributed by atoms with van der Waals surface area (Å²) in [5, 5.41) is 7.21. The largest absolute Gasteiger partial charge is 0.334 e. The van der Waals surface area contributed by atoms with E-state index in [0.29, 0.717) is 11.7 Å². The molecule has 2 aliphatic heterocycles. The Kier molecular flexibility index (Phi) is 4.47. The van der Waals surface area contributed by atoms with E-state index >= 15 is 0 Å². The first kappa shape index (κ1) is 16.5. The molecular formula is C17H29N5O. The zero-order valence-electron chi connectivity index (χ0n) is 14.8. The molecule has 0 aliphatic carbocycles. The lowest BCUT2D eigenvalue weighted by Crippen LogP contribution is -2.64. The van der Waals surface area contributed by atoms with Gasteiger partial charge in [-0.25, -0.2) is 0 Å². The van der Waals surface area contributed by atoms with Crippen LogP contribution in [-0.2, 0) is 5.41 Å². The van der Waals surface area contributed by atoms with Crippen molar-refractivity contribution < 1.29 is 4.79 Å². The Bertz CT molecular complexity index is 548. The molecule has 0 aromatic carbocycles. The average Bonchev–Trinajstić information content (AvgIpc) is 2.96. The van der Waals surface area contributed by atoms with Gasteiger partial charge in [0.25, 0.3) is 5.91 Å². The number of likely N-dealkylation sites (tertiary alicyclic amines) is 1. The summed E-state index contributed by atoms with van der Waals surface area (Å²) in [4.78, 5) is 19.4. The SMILES string of the molecule is CCN1CCN(C2CN(C(=O)c3cc(C(C)(C)C)[nH]n3)C2)CC1. The third-order valence-electron chi connectivity index (χ3n) is 5.12. The normalized spacial score (nSPS) is 21.5. The van der Waals surface area contributed by atoms with Crippen molar-refractivity contribution in [3.63, 3.8) is 0 Å². The maximum atomic E-state index is 12.5. The monoisotopic (exact) mass is 319 g/mol. The van der Waals surface area contributed by atoms with Crippen LogP contribution in [0.1, 0.15) is 43.9 Å². The second kappa shape index (κ2) is 6.24. The van der Waals surface area contributed by atoms with Crippen LogP contribution in [0, 0.1) is 0 Å². The minimum absolute atomic E-state index is 0.0119. The first-order valence-electron chi connectivity index (χ1n) is 8.70. The van der Waals surface area contributed by atoms with Crippen molar-refractivity contribution in [1.29, 1.82) is 0 Å². The Morgan fingerprint density at radius 1 is 1.26 bits per heavy atom. The summed E-state index contributed by atoms with van der Waals surface area (Å²) in [5.74, 6) is 0.0557. The minimum atomic E-state index is -0.0119. The molecule has 0 atom stereocenters. The molecular weight excluding hydrogens is 290 g/mol. The molecule has 0 radical (unpaired) electrons. The highest BCUT2D eigenvalue weighted by atomic mass is 16.2. The van der Waals surface area contributed by atoms with E-state index in [1.54, 1.807) is 0 Å². The topological polar surface area (TPSA) is 55.5 Å². The van der Waals surface area contributed by atoms with Crippen molar-refractivity contribution in [1.82, 2.24) is 24.9 Å². The van der Waals surface area contributed by atoms with Crippen molar-refractivity contribution in [3.8, 4) is 0 Å². The molecule has 2 aliphatic rings. The van der Waals surface area contributed by atoms with Gasteiger partial charge >= 0.3 is 0 Å². The number of likely N-dealkylation sites (N-methyl/N-ethyl adjacent to an activating group) is 1. The van der Waals surface area contributed by atoms with Crippen LogP contribution in [0.4, 0.5) is 0 Å². The first-order chi connectivity index (χ1) is 10.9. The van der Waals surface area contributed by atoms with Crippen molar-refractivity contribution >= 4 is 5.91 Å². The van der Waals surface area contributed by atoms with Gasteiger partial charge in [0.15, 0.2) is 0 Å². The number of rotatable bonds is 3. The zero-order valence-corrected chi connectivity index (χ0v) is 14.8. The molecule has 1 N–H and O–H groups in total. The molecule has 2 fully saturated rings. The van der Waals surface area contributed by atoms with Gasteiger partial charge in [0.1, 0.15) is 5.69 Å². The zero-order chi connectivity index (χ0) is 16.6. The second-order valence-electron chi connectivity index (χ2n) is 7.75. The maximum Gasteiger partial charge on any atom is 0.274 e. The fourth-order valence-corrected chi connectivity index (χ4v) is 3.27. The minimum Gasteiger partial charge on any atom is -0.334 e. The molecule has 0 bridgehead atoms. The lowest BCUT2D eigenvalue weighted by molar-refractivity contribution is 0.00807. The van der Waals surface area contributed by atoms with Crippen LogP contribution >= 0.6 is 0 Å². The van der Waals surface area contributed by atoms with Gasteiger partial charge in [0, 0.05) is 56.4 Å². The number of nitrogens with zero attached hydrogens (tertiary/aromatic N) is 4. The number of aromatic nitrogens is 2. The van der Waals surface area contributed by atoms with Gasteiger partial charge in [0.2, 0.25) is 0 Å². The number of aromatic amines is 1. The third-order valence-corrected chi connectivity index (χ3v) is 5.12. The molecule has 3 heterocycles. The number of piperazine rings is 1. The van der Waals surface area contributed by atoms with Crippen LogP contribution in [0.15, 0.2) is 6.07 Å². The van der Waals surface area contributed by atoms with Gasteiger partial charge in [0.05, 0.1) is 0 Å². The van der Waals surface area contributed by atoms with Gasteiger partial charge < -0.3 is 9.80 Å². The van der Waals surface area contributed by atoms with Crippen LogP contribution in [0.2, 0.25) is 0 Å². The molecule has 0 unspecified atom stereocenters. The molecule has 1 aromatic heterocycles. The van der Waals surface area contributed by atoms with Crippen LogP contribution in [0.5, 0.6) is 0 Å². The van der Waals surface area contributed by atoms with Gasteiger partial charge in [-0.15, -0.1) is 0 Å². The van der Waals surface area contributed by atoms with E-state index < -0.39 is 0 Å². The van der Waals surface area contributed by atoms with Crippen molar-refractivity contribution in [2.24, 2.45) is 0 Å². The predicted octanol–water partition coefficient (Wildman–Crippen LogP) is 1.17. The van der Waals surface area contributed by atoms with Crippen molar-refractivity contribution in [2.75, 3.05) is 45.8 Å². The van der Waals surface area contributed by atoms with E-state index in [1.807, 2.05) is 11.0 Å². The standard InChI is InChI=1S/C17H29N5O/c1-5-20-6-8-21(9-7-20)13-11-22(12-13)16(23)14-10-15(19-18-14)17(2,3)4/h10,13H,5-9,11-12H2,1-4H3,(H,18,19). The number of hydrogen-bond donors (Lipinski definition) is 1.